The van der Waals surface area contributed by atoms with Gasteiger partial charge in [-0.15, -0.1) is 0 Å². The van der Waals surface area contributed by atoms with Gasteiger partial charge >= 0.3 is 0 Å². The van der Waals surface area contributed by atoms with Crippen LogP contribution in [0.4, 0.5) is 0 Å². The topological polar surface area (TPSA) is 9.23 Å². The zero-order valence-electron chi connectivity index (χ0n) is 11.8. The summed E-state index contributed by atoms with van der Waals surface area (Å²) >= 11 is 0. The Labute approximate surface area is 112 Å². The molecule has 0 saturated heterocycles. The molecule has 1 aromatic carbocycles. The summed E-state index contributed by atoms with van der Waals surface area (Å²) in [5, 5.41) is 0. The maximum atomic E-state index is 6.16. The Balaban J connectivity index is 1.67. The van der Waals surface area contributed by atoms with Crippen LogP contribution in [0, 0.1) is 5.92 Å². The summed E-state index contributed by atoms with van der Waals surface area (Å²) in [7, 11) is 0. The van der Waals surface area contributed by atoms with E-state index < -0.39 is 0 Å². The van der Waals surface area contributed by atoms with Gasteiger partial charge in [0.25, 0.3) is 0 Å². The van der Waals surface area contributed by atoms with E-state index in [-0.39, 0.29) is 0 Å². The summed E-state index contributed by atoms with van der Waals surface area (Å²) in [6.45, 7) is 4.58. The van der Waals surface area contributed by atoms with Gasteiger partial charge in [0, 0.05) is 0 Å². The SMILES string of the molecule is CC1CCC(OC(C)CCc2ccccc2)CC1. The molecule has 0 radical (unpaired) electrons. The predicted molar refractivity (Wildman–Crippen MR) is 76.7 cm³/mol. The molecule has 2 rings (SSSR count). The lowest BCUT2D eigenvalue weighted by atomic mass is 9.89. The van der Waals surface area contributed by atoms with Crippen LogP contribution in [0.2, 0.25) is 0 Å². The quantitative estimate of drug-likeness (QED) is 0.737. The van der Waals surface area contributed by atoms with Crippen molar-refractivity contribution in [2.45, 2.75) is 64.6 Å². The van der Waals surface area contributed by atoms with Crippen LogP contribution in [-0.2, 0) is 11.2 Å². The standard InChI is InChI=1S/C17H26O/c1-14-8-12-17(13-9-14)18-15(2)10-11-16-6-4-3-5-7-16/h3-7,14-15,17H,8-13H2,1-2H3. The first-order valence-corrected chi connectivity index (χ1v) is 7.43. The molecule has 1 aliphatic carbocycles. The number of hydrogen-bond acceptors (Lipinski definition) is 1. The van der Waals surface area contributed by atoms with Gasteiger partial charge in [-0.2, -0.15) is 0 Å². The van der Waals surface area contributed by atoms with E-state index in [1.54, 1.807) is 0 Å². The van der Waals surface area contributed by atoms with Crippen LogP contribution in [0.25, 0.3) is 0 Å². The van der Waals surface area contributed by atoms with Crippen molar-refractivity contribution in [1.82, 2.24) is 0 Å². The molecular formula is C17H26O. The van der Waals surface area contributed by atoms with Gasteiger partial charge in [-0.3, -0.25) is 0 Å². The first-order chi connectivity index (χ1) is 8.74. The number of rotatable bonds is 5. The van der Waals surface area contributed by atoms with Crippen LogP contribution < -0.4 is 0 Å². The third-order valence-corrected chi connectivity index (χ3v) is 4.07. The second-order valence-corrected chi connectivity index (χ2v) is 5.85. The van der Waals surface area contributed by atoms with Gasteiger partial charge in [-0.1, -0.05) is 37.3 Å². The van der Waals surface area contributed by atoms with Crippen molar-refractivity contribution in [2.75, 3.05) is 0 Å². The summed E-state index contributed by atoms with van der Waals surface area (Å²) < 4.78 is 6.16. The highest BCUT2D eigenvalue weighted by Gasteiger charge is 2.20. The Morgan fingerprint density at radius 1 is 1.11 bits per heavy atom. The van der Waals surface area contributed by atoms with Crippen LogP contribution in [0.3, 0.4) is 0 Å². The third kappa shape index (κ3) is 4.45. The molecule has 1 aromatic rings. The second-order valence-electron chi connectivity index (χ2n) is 5.85. The molecular weight excluding hydrogens is 220 g/mol. The Morgan fingerprint density at radius 2 is 1.78 bits per heavy atom. The van der Waals surface area contributed by atoms with Crippen molar-refractivity contribution in [1.29, 1.82) is 0 Å². The van der Waals surface area contributed by atoms with Crippen LogP contribution in [0.15, 0.2) is 30.3 Å². The molecule has 1 aliphatic rings. The number of ether oxygens (including phenoxy) is 1. The molecule has 0 heterocycles. The molecule has 1 heteroatoms. The Morgan fingerprint density at radius 3 is 2.44 bits per heavy atom. The summed E-state index contributed by atoms with van der Waals surface area (Å²) in [5.74, 6) is 0.907. The highest BCUT2D eigenvalue weighted by Crippen LogP contribution is 2.26. The maximum absolute atomic E-state index is 6.16. The molecule has 1 saturated carbocycles. The first-order valence-electron chi connectivity index (χ1n) is 7.43. The molecule has 100 valence electrons. The summed E-state index contributed by atoms with van der Waals surface area (Å²) in [5.41, 5.74) is 1.42. The minimum absolute atomic E-state index is 0.392. The lowest BCUT2D eigenvalue weighted by Gasteiger charge is -2.28. The van der Waals surface area contributed by atoms with Crippen LogP contribution >= 0.6 is 0 Å². The molecule has 1 fully saturated rings. The average Bonchev–Trinajstić information content (AvgIpc) is 2.40. The lowest BCUT2D eigenvalue weighted by molar-refractivity contribution is -0.0299. The zero-order chi connectivity index (χ0) is 12.8. The molecule has 1 unspecified atom stereocenters. The van der Waals surface area contributed by atoms with E-state index in [0.29, 0.717) is 12.2 Å². The highest BCUT2D eigenvalue weighted by atomic mass is 16.5. The molecule has 18 heavy (non-hydrogen) atoms. The summed E-state index contributed by atoms with van der Waals surface area (Å²) in [6, 6.07) is 10.7. The van der Waals surface area contributed by atoms with Crippen molar-refractivity contribution in [3.63, 3.8) is 0 Å². The van der Waals surface area contributed by atoms with Gasteiger partial charge in [0.2, 0.25) is 0 Å². The zero-order valence-corrected chi connectivity index (χ0v) is 11.8. The fraction of sp³-hybridized carbons (Fsp3) is 0.647. The van der Waals surface area contributed by atoms with Gasteiger partial charge < -0.3 is 4.74 Å². The van der Waals surface area contributed by atoms with E-state index in [1.807, 2.05) is 0 Å². The number of hydrogen-bond donors (Lipinski definition) is 0. The highest BCUT2D eigenvalue weighted by molar-refractivity contribution is 5.14. The van der Waals surface area contributed by atoms with E-state index in [1.165, 1.54) is 31.2 Å². The minimum Gasteiger partial charge on any atom is -0.375 e. The fourth-order valence-corrected chi connectivity index (χ4v) is 2.78. The van der Waals surface area contributed by atoms with E-state index >= 15 is 0 Å². The smallest absolute Gasteiger partial charge is 0.0579 e. The molecule has 0 aromatic heterocycles. The average molecular weight is 246 g/mol. The first kappa shape index (κ1) is 13.6. The van der Waals surface area contributed by atoms with E-state index in [2.05, 4.69) is 44.2 Å². The molecule has 1 nitrogen and oxygen atoms in total. The molecule has 0 N–H and O–H groups in total. The van der Waals surface area contributed by atoms with E-state index in [9.17, 15) is 0 Å². The second kappa shape index (κ2) is 6.94. The normalized spacial score (nSPS) is 25.9. The fourth-order valence-electron chi connectivity index (χ4n) is 2.78. The Kier molecular flexibility index (Phi) is 5.25. The van der Waals surface area contributed by atoms with E-state index in [4.69, 9.17) is 4.74 Å². The van der Waals surface area contributed by atoms with Gasteiger partial charge in [0.15, 0.2) is 0 Å². The van der Waals surface area contributed by atoms with Crippen LogP contribution in [0.5, 0.6) is 0 Å². The van der Waals surface area contributed by atoms with Gasteiger partial charge in [0.05, 0.1) is 12.2 Å². The Hall–Kier alpha value is -0.820. The Bertz CT molecular complexity index is 325. The predicted octanol–water partition coefficient (Wildman–Crippen LogP) is 4.60. The lowest BCUT2D eigenvalue weighted by Crippen LogP contribution is -2.25. The molecule has 1 atom stereocenters. The maximum Gasteiger partial charge on any atom is 0.0579 e. The van der Waals surface area contributed by atoms with Crippen molar-refractivity contribution < 1.29 is 4.74 Å². The van der Waals surface area contributed by atoms with Crippen molar-refractivity contribution in [3.05, 3.63) is 35.9 Å². The monoisotopic (exact) mass is 246 g/mol. The van der Waals surface area contributed by atoms with E-state index in [0.717, 1.165) is 18.8 Å². The minimum atomic E-state index is 0.392. The molecule has 0 amide bonds. The van der Waals surface area contributed by atoms with Crippen molar-refractivity contribution >= 4 is 0 Å². The number of aryl methyl sites for hydroxylation is 1. The van der Waals surface area contributed by atoms with Gasteiger partial charge in [0.1, 0.15) is 0 Å². The van der Waals surface area contributed by atoms with Crippen LogP contribution in [0.1, 0.15) is 51.5 Å². The summed E-state index contributed by atoms with van der Waals surface area (Å²) in [6.07, 6.45) is 8.39. The number of benzene rings is 1. The van der Waals surface area contributed by atoms with Crippen molar-refractivity contribution in [2.24, 2.45) is 5.92 Å². The third-order valence-electron chi connectivity index (χ3n) is 4.07. The van der Waals surface area contributed by atoms with Crippen LogP contribution in [-0.4, -0.2) is 12.2 Å². The molecule has 0 spiro atoms. The largest absolute Gasteiger partial charge is 0.375 e. The molecule has 0 bridgehead atoms. The summed E-state index contributed by atoms with van der Waals surface area (Å²) in [4.78, 5) is 0. The van der Waals surface area contributed by atoms with Crippen molar-refractivity contribution in [3.8, 4) is 0 Å². The van der Waals surface area contributed by atoms with Gasteiger partial charge in [-0.05, 0) is 56.9 Å². The van der Waals surface area contributed by atoms with Gasteiger partial charge in [-0.25, -0.2) is 0 Å². The molecule has 0 aliphatic heterocycles.